The van der Waals surface area contributed by atoms with Crippen LogP contribution >= 0.6 is 23.8 Å². The van der Waals surface area contributed by atoms with E-state index in [0.29, 0.717) is 11.0 Å². The first-order valence-electron chi connectivity index (χ1n) is 7.01. The van der Waals surface area contributed by atoms with Gasteiger partial charge in [0.05, 0.1) is 0 Å². The fraction of sp³-hybridized carbons (Fsp3) is 0.533. The minimum Gasteiger partial charge on any atom is -0.389 e. The van der Waals surface area contributed by atoms with Crippen LogP contribution in [0.1, 0.15) is 24.8 Å². The molecular formula is C15H17ClN2S. The van der Waals surface area contributed by atoms with Gasteiger partial charge in [-0.05, 0) is 61.1 Å². The summed E-state index contributed by atoms with van der Waals surface area (Å²) in [4.78, 5) is 0.438. The van der Waals surface area contributed by atoms with Crippen LogP contribution in [0.25, 0.3) is 0 Å². The van der Waals surface area contributed by atoms with Crippen LogP contribution in [0.4, 0.5) is 5.69 Å². The van der Waals surface area contributed by atoms with Gasteiger partial charge in [0.15, 0.2) is 0 Å². The monoisotopic (exact) mass is 292 g/mol. The Labute approximate surface area is 123 Å². The maximum atomic E-state index is 6.09. The number of rotatable bonds is 3. The highest BCUT2D eigenvalue weighted by atomic mass is 35.5. The molecule has 0 aliphatic heterocycles. The second-order valence-corrected chi connectivity index (χ2v) is 7.09. The molecule has 3 aliphatic rings. The summed E-state index contributed by atoms with van der Waals surface area (Å²) in [6.45, 7) is 0. The van der Waals surface area contributed by atoms with Crippen molar-refractivity contribution < 1.29 is 0 Å². The predicted molar refractivity (Wildman–Crippen MR) is 82.6 cm³/mol. The molecular weight excluding hydrogens is 276 g/mol. The van der Waals surface area contributed by atoms with E-state index in [-0.39, 0.29) is 0 Å². The van der Waals surface area contributed by atoms with E-state index in [1.165, 1.54) is 19.3 Å². The fourth-order valence-corrected chi connectivity index (χ4v) is 4.90. The molecule has 0 amide bonds. The summed E-state index contributed by atoms with van der Waals surface area (Å²) in [6, 6.07) is 6.34. The van der Waals surface area contributed by atoms with Crippen LogP contribution in [0.2, 0.25) is 5.02 Å². The summed E-state index contributed by atoms with van der Waals surface area (Å²) in [5, 5.41) is 4.39. The van der Waals surface area contributed by atoms with Gasteiger partial charge in [0.2, 0.25) is 0 Å². The maximum absolute atomic E-state index is 6.09. The van der Waals surface area contributed by atoms with Crippen LogP contribution in [0.15, 0.2) is 18.2 Å². The van der Waals surface area contributed by atoms with E-state index < -0.39 is 0 Å². The summed E-state index contributed by atoms with van der Waals surface area (Å²) < 4.78 is 0. The molecule has 0 heterocycles. The highest BCUT2D eigenvalue weighted by Crippen LogP contribution is 2.66. The van der Waals surface area contributed by atoms with Crippen LogP contribution in [-0.4, -0.2) is 11.0 Å². The Morgan fingerprint density at radius 2 is 1.95 bits per heavy atom. The number of hydrogen-bond acceptors (Lipinski definition) is 2. The van der Waals surface area contributed by atoms with E-state index in [2.05, 4.69) is 5.32 Å². The molecule has 1 aromatic carbocycles. The Bertz CT molecular complexity index is 543. The van der Waals surface area contributed by atoms with Crippen molar-refractivity contribution in [3.63, 3.8) is 0 Å². The van der Waals surface area contributed by atoms with Crippen LogP contribution < -0.4 is 11.1 Å². The topological polar surface area (TPSA) is 38.0 Å². The second kappa shape index (κ2) is 4.10. The Balaban J connectivity index is 1.58. The zero-order valence-electron chi connectivity index (χ0n) is 10.6. The number of thiocarbonyl (C=S) groups is 1. The van der Waals surface area contributed by atoms with Crippen molar-refractivity contribution in [1.29, 1.82) is 0 Å². The van der Waals surface area contributed by atoms with E-state index in [0.717, 1.165) is 39.9 Å². The lowest BCUT2D eigenvalue weighted by Crippen LogP contribution is -2.17. The third-order valence-electron chi connectivity index (χ3n) is 5.30. The van der Waals surface area contributed by atoms with Gasteiger partial charge in [-0.25, -0.2) is 0 Å². The molecule has 4 unspecified atom stereocenters. The van der Waals surface area contributed by atoms with E-state index >= 15 is 0 Å². The molecule has 2 bridgehead atoms. The molecule has 4 heteroatoms. The number of benzene rings is 1. The minimum atomic E-state index is 0.438. The molecule has 0 spiro atoms. The van der Waals surface area contributed by atoms with Gasteiger partial charge in [0, 0.05) is 22.3 Å². The van der Waals surface area contributed by atoms with Crippen molar-refractivity contribution in [3.05, 3.63) is 28.8 Å². The third kappa shape index (κ3) is 1.78. The lowest BCUT2D eigenvalue weighted by molar-refractivity contribution is 0.456. The van der Waals surface area contributed by atoms with Crippen LogP contribution in [0.5, 0.6) is 0 Å². The zero-order chi connectivity index (χ0) is 13.1. The molecule has 100 valence electrons. The van der Waals surface area contributed by atoms with Gasteiger partial charge in [0.1, 0.15) is 4.99 Å². The summed E-state index contributed by atoms with van der Waals surface area (Å²) in [6.07, 6.45) is 4.33. The molecule has 19 heavy (non-hydrogen) atoms. The third-order valence-corrected chi connectivity index (χ3v) is 5.76. The van der Waals surface area contributed by atoms with Gasteiger partial charge in [-0.15, -0.1) is 0 Å². The Morgan fingerprint density at radius 1 is 1.26 bits per heavy atom. The summed E-state index contributed by atoms with van der Waals surface area (Å²) in [5.41, 5.74) is 7.72. The lowest BCUT2D eigenvalue weighted by atomic mass is 10.0. The molecule has 0 saturated heterocycles. The van der Waals surface area contributed by atoms with Gasteiger partial charge < -0.3 is 11.1 Å². The molecule has 3 N–H and O–H groups in total. The molecule has 2 nitrogen and oxygen atoms in total. The first kappa shape index (κ1) is 12.0. The Kier molecular flexibility index (Phi) is 2.58. The summed E-state index contributed by atoms with van der Waals surface area (Å²) in [7, 11) is 0. The fourth-order valence-electron chi connectivity index (χ4n) is 4.55. The average molecular weight is 293 g/mol. The maximum Gasteiger partial charge on any atom is 0.106 e. The lowest BCUT2D eigenvalue weighted by Gasteiger charge is -2.15. The smallest absolute Gasteiger partial charge is 0.106 e. The molecule has 4 rings (SSSR count). The van der Waals surface area contributed by atoms with Crippen LogP contribution in [0.3, 0.4) is 0 Å². The predicted octanol–water partition coefficient (Wildman–Crippen LogP) is 3.43. The van der Waals surface area contributed by atoms with Gasteiger partial charge in [-0.3, -0.25) is 0 Å². The van der Waals surface area contributed by atoms with Crippen molar-refractivity contribution in [1.82, 2.24) is 0 Å². The van der Waals surface area contributed by atoms with Crippen LogP contribution in [-0.2, 0) is 0 Å². The molecule has 4 atom stereocenters. The van der Waals surface area contributed by atoms with Crippen molar-refractivity contribution in [2.45, 2.75) is 25.3 Å². The Hall–Kier alpha value is -0.800. The summed E-state index contributed by atoms with van der Waals surface area (Å²) in [5.74, 6) is 3.69. The largest absolute Gasteiger partial charge is 0.389 e. The van der Waals surface area contributed by atoms with Crippen LogP contribution in [0, 0.1) is 23.7 Å². The first-order valence-corrected chi connectivity index (χ1v) is 7.79. The van der Waals surface area contributed by atoms with Crippen molar-refractivity contribution in [3.8, 4) is 0 Å². The quantitative estimate of drug-likeness (QED) is 0.838. The highest BCUT2D eigenvalue weighted by Gasteiger charge is 2.65. The van der Waals surface area contributed by atoms with E-state index in [1.807, 2.05) is 18.2 Å². The molecule has 0 radical (unpaired) electrons. The number of nitrogens with two attached hydrogens (primary N) is 1. The zero-order valence-corrected chi connectivity index (χ0v) is 12.2. The molecule has 3 saturated carbocycles. The van der Waals surface area contributed by atoms with Gasteiger partial charge in [-0.2, -0.15) is 0 Å². The molecule has 3 fully saturated rings. The van der Waals surface area contributed by atoms with Crippen molar-refractivity contribution >= 4 is 34.5 Å². The number of hydrogen-bond donors (Lipinski definition) is 2. The van der Waals surface area contributed by atoms with E-state index in [1.54, 1.807) is 0 Å². The highest BCUT2D eigenvalue weighted by molar-refractivity contribution is 7.80. The molecule has 1 aromatic rings. The molecule has 0 aromatic heterocycles. The van der Waals surface area contributed by atoms with Gasteiger partial charge in [-0.1, -0.05) is 23.8 Å². The SMILES string of the molecule is NC(=S)c1ccc(Cl)cc1NC1C2C3CCC(C3)C12. The Morgan fingerprint density at radius 3 is 2.58 bits per heavy atom. The number of halogens is 1. The molecule has 3 aliphatic carbocycles. The van der Waals surface area contributed by atoms with Gasteiger partial charge >= 0.3 is 0 Å². The number of fused-ring (bicyclic) bond motifs is 5. The van der Waals surface area contributed by atoms with E-state index in [9.17, 15) is 0 Å². The standard InChI is InChI=1S/C15H17ClN2S/c16-9-3-4-10(15(17)19)11(6-9)18-14-12-7-1-2-8(5-7)13(12)14/h3-4,6-8,12-14,18H,1-2,5H2,(H2,17,19). The van der Waals surface area contributed by atoms with Crippen molar-refractivity contribution in [2.75, 3.05) is 5.32 Å². The number of anilines is 1. The number of nitrogens with one attached hydrogen (secondary N) is 1. The normalized spacial score (nSPS) is 38.1. The van der Waals surface area contributed by atoms with E-state index in [4.69, 9.17) is 29.6 Å². The minimum absolute atomic E-state index is 0.438. The first-order chi connectivity index (χ1) is 9.15. The van der Waals surface area contributed by atoms with Crippen molar-refractivity contribution in [2.24, 2.45) is 29.4 Å². The van der Waals surface area contributed by atoms with Gasteiger partial charge in [0.25, 0.3) is 0 Å². The average Bonchev–Trinajstić information content (AvgIpc) is 2.78. The summed E-state index contributed by atoms with van der Waals surface area (Å²) >= 11 is 11.2. The second-order valence-electron chi connectivity index (χ2n) is 6.21.